The molecule has 24 heavy (non-hydrogen) atoms. The lowest BCUT2D eigenvalue weighted by Gasteiger charge is -2.30. The number of carbonyl (C=O) groups is 2. The molecule has 3 rings (SSSR count). The molecule has 3 nitrogen and oxygen atoms in total. The Kier molecular flexibility index (Phi) is 4.95. The van der Waals surface area contributed by atoms with Gasteiger partial charge in [0.15, 0.2) is 5.78 Å². The predicted molar refractivity (Wildman–Crippen MR) is 96.0 cm³/mol. The van der Waals surface area contributed by atoms with E-state index < -0.39 is 11.9 Å². The number of hydrogen-bond donors (Lipinski definition) is 0. The SMILES string of the molecule is CCOC(=O)[C@H]1C(=O)C=C(c2cccs2)C[C@@H]1c1ccccc1C. The number of carbonyl (C=O) groups excluding carboxylic acids is 2. The van der Waals surface area contributed by atoms with Crippen LogP contribution in [-0.2, 0) is 14.3 Å². The van der Waals surface area contributed by atoms with Crippen molar-refractivity contribution >= 4 is 28.7 Å². The molecular formula is C20H20O3S. The van der Waals surface area contributed by atoms with E-state index in [0.29, 0.717) is 6.42 Å². The summed E-state index contributed by atoms with van der Waals surface area (Å²) in [6.07, 6.45) is 2.29. The molecule has 0 spiro atoms. The van der Waals surface area contributed by atoms with E-state index in [9.17, 15) is 9.59 Å². The molecular weight excluding hydrogens is 320 g/mol. The van der Waals surface area contributed by atoms with Crippen molar-refractivity contribution in [2.75, 3.05) is 6.61 Å². The monoisotopic (exact) mass is 340 g/mol. The van der Waals surface area contributed by atoms with Gasteiger partial charge in [0, 0.05) is 10.8 Å². The van der Waals surface area contributed by atoms with Crippen LogP contribution in [0.3, 0.4) is 0 Å². The quantitative estimate of drug-likeness (QED) is 0.613. The molecule has 2 atom stereocenters. The highest BCUT2D eigenvalue weighted by atomic mass is 32.1. The molecule has 0 saturated carbocycles. The summed E-state index contributed by atoms with van der Waals surface area (Å²) < 4.78 is 5.18. The Bertz CT molecular complexity index is 774. The Balaban J connectivity index is 2.04. The summed E-state index contributed by atoms with van der Waals surface area (Å²) in [6.45, 7) is 4.07. The summed E-state index contributed by atoms with van der Waals surface area (Å²) in [5.74, 6) is -1.51. The van der Waals surface area contributed by atoms with E-state index in [1.807, 2.05) is 48.7 Å². The first kappa shape index (κ1) is 16.7. The Morgan fingerprint density at radius 1 is 1.25 bits per heavy atom. The van der Waals surface area contributed by atoms with Gasteiger partial charge in [-0.1, -0.05) is 30.3 Å². The first-order chi connectivity index (χ1) is 11.6. The lowest BCUT2D eigenvalue weighted by Crippen LogP contribution is -2.34. The second kappa shape index (κ2) is 7.14. The molecule has 0 fully saturated rings. The van der Waals surface area contributed by atoms with Crippen LogP contribution < -0.4 is 0 Å². The number of thiophene rings is 1. The zero-order valence-corrected chi connectivity index (χ0v) is 14.6. The van der Waals surface area contributed by atoms with Crippen LogP contribution in [0.15, 0.2) is 47.9 Å². The third kappa shape index (κ3) is 3.20. The Morgan fingerprint density at radius 3 is 2.71 bits per heavy atom. The molecule has 2 aromatic rings. The molecule has 0 N–H and O–H groups in total. The summed E-state index contributed by atoms with van der Waals surface area (Å²) in [6, 6.07) is 12.0. The fraction of sp³-hybridized carbons (Fsp3) is 0.300. The van der Waals surface area contributed by atoms with Crippen molar-refractivity contribution < 1.29 is 14.3 Å². The number of esters is 1. The molecule has 0 amide bonds. The number of ketones is 1. The van der Waals surface area contributed by atoms with Crippen LogP contribution >= 0.6 is 11.3 Å². The van der Waals surface area contributed by atoms with E-state index in [1.165, 1.54) is 0 Å². The van der Waals surface area contributed by atoms with E-state index in [0.717, 1.165) is 21.6 Å². The minimum atomic E-state index is -0.755. The van der Waals surface area contributed by atoms with E-state index >= 15 is 0 Å². The molecule has 1 aliphatic carbocycles. The van der Waals surface area contributed by atoms with E-state index in [4.69, 9.17) is 4.74 Å². The molecule has 1 aliphatic rings. The first-order valence-corrected chi connectivity index (χ1v) is 9.00. The smallest absolute Gasteiger partial charge is 0.317 e. The third-order valence-electron chi connectivity index (χ3n) is 4.43. The number of ether oxygens (including phenoxy) is 1. The van der Waals surface area contributed by atoms with E-state index in [2.05, 4.69) is 0 Å². The van der Waals surface area contributed by atoms with Crippen molar-refractivity contribution in [3.8, 4) is 0 Å². The normalized spacial score (nSPS) is 20.6. The zero-order chi connectivity index (χ0) is 17.1. The number of rotatable bonds is 4. The Labute approximate surface area is 146 Å². The topological polar surface area (TPSA) is 43.4 Å². The Hall–Kier alpha value is -2.20. The van der Waals surface area contributed by atoms with Crippen molar-refractivity contribution in [1.29, 1.82) is 0 Å². The number of allylic oxidation sites excluding steroid dienone is 2. The highest BCUT2D eigenvalue weighted by molar-refractivity contribution is 7.11. The van der Waals surface area contributed by atoms with Crippen LogP contribution in [0.5, 0.6) is 0 Å². The summed E-state index contributed by atoms with van der Waals surface area (Å²) >= 11 is 1.62. The second-order valence-electron chi connectivity index (χ2n) is 5.95. The standard InChI is InChI=1S/C20H20O3S/c1-3-23-20(22)19-16(15-8-5-4-7-13(15)2)11-14(12-17(19)21)18-9-6-10-24-18/h4-10,12,16,19H,3,11H2,1-2H3/t16-,19-/m1/s1. The number of aryl methyl sites for hydroxylation is 1. The predicted octanol–water partition coefficient (Wildman–Crippen LogP) is 4.38. The van der Waals surface area contributed by atoms with Gasteiger partial charge in [0.1, 0.15) is 5.92 Å². The van der Waals surface area contributed by atoms with Gasteiger partial charge in [-0.25, -0.2) is 0 Å². The maximum Gasteiger partial charge on any atom is 0.317 e. The molecule has 0 bridgehead atoms. The molecule has 4 heteroatoms. The van der Waals surface area contributed by atoms with Gasteiger partial charge in [-0.15, -0.1) is 11.3 Å². The number of hydrogen-bond acceptors (Lipinski definition) is 4. The van der Waals surface area contributed by atoms with E-state index in [1.54, 1.807) is 24.3 Å². The molecule has 124 valence electrons. The molecule has 0 radical (unpaired) electrons. The first-order valence-electron chi connectivity index (χ1n) is 8.12. The van der Waals surface area contributed by atoms with Crippen molar-refractivity contribution in [2.45, 2.75) is 26.2 Å². The van der Waals surface area contributed by atoms with Crippen LogP contribution in [-0.4, -0.2) is 18.4 Å². The fourth-order valence-corrected chi connectivity index (χ4v) is 4.07. The fourth-order valence-electron chi connectivity index (χ4n) is 3.31. The zero-order valence-electron chi connectivity index (χ0n) is 13.8. The number of benzene rings is 1. The summed E-state index contributed by atoms with van der Waals surface area (Å²) in [5, 5.41) is 2.00. The molecule has 1 aromatic carbocycles. The largest absolute Gasteiger partial charge is 0.465 e. The molecule has 0 aliphatic heterocycles. The minimum absolute atomic E-state index is 0.156. The molecule has 1 heterocycles. The van der Waals surface area contributed by atoms with Gasteiger partial charge in [-0.05, 0) is 54.5 Å². The highest BCUT2D eigenvalue weighted by Crippen LogP contribution is 2.42. The van der Waals surface area contributed by atoms with Crippen LogP contribution in [0.1, 0.15) is 35.3 Å². The van der Waals surface area contributed by atoms with Crippen LogP contribution in [0.2, 0.25) is 0 Å². The third-order valence-corrected chi connectivity index (χ3v) is 5.38. The summed E-state index contributed by atoms with van der Waals surface area (Å²) in [4.78, 5) is 26.3. The summed E-state index contributed by atoms with van der Waals surface area (Å²) in [5.41, 5.74) is 3.15. The lowest BCUT2D eigenvalue weighted by molar-refractivity contribution is -0.151. The molecule has 0 saturated heterocycles. The second-order valence-corrected chi connectivity index (χ2v) is 6.89. The maximum absolute atomic E-state index is 12.7. The minimum Gasteiger partial charge on any atom is -0.465 e. The van der Waals surface area contributed by atoms with Crippen LogP contribution in [0.25, 0.3) is 5.57 Å². The average molecular weight is 340 g/mol. The van der Waals surface area contributed by atoms with Crippen molar-refractivity contribution in [2.24, 2.45) is 5.92 Å². The van der Waals surface area contributed by atoms with Gasteiger partial charge in [-0.2, -0.15) is 0 Å². The van der Waals surface area contributed by atoms with E-state index in [-0.39, 0.29) is 18.3 Å². The van der Waals surface area contributed by atoms with Gasteiger partial charge in [0.25, 0.3) is 0 Å². The van der Waals surface area contributed by atoms with Crippen molar-refractivity contribution in [1.82, 2.24) is 0 Å². The van der Waals surface area contributed by atoms with Gasteiger partial charge < -0.3 is 4.74 Å². The molecule has 0 unspecified atom stereocenters. The van der Waals surface area contributed by atoms with Gasteiger partial charge in [0.05, 0.1) is 6.61 Å². The van der Waals surface area contributed by atoms with Crippen molar-refractivity contribution in [3.63, 3.8) is 0 Å². The van der Waals surface area contributed by atoms with Gasteiger partial charge in [-0.3, -0.25) is 9.59 Å². The lowest BCUT2D eigenvalue weighted by atomic mass is 9.73. The summed E-state index contributed by atoms with van der Waals surface area (Å²) in [7, 11) is 0. The van der Waals surface area contributed by atoms with Crippen LogP contribution in [0.4, 0.5) is 0 Å². The van der Waals surface area contributed by atoms with Crippen molar-refractivity contribution in [3.05, 3.63) is 63.9 Å². The Morgan fingerprint density at radius 2 is 2.04 bits per heavy atom. The van der Waals surface area contributed by atoms with Crippen LogP contribution in [0, 0.1) is 12.8 Å². The average Bonchev–Trinajstić information content (AvgIpc) is 3.09. The molecule has 1 aromatic heterocycles. The van der Waals surface area contributed by atoms with Gasteiger partial charge >= 0.3 is 5.97 Å². The maximum atomic E-state index is 12.7. The van der Waals surface area contributed by atoms with Gasteiger partial charge in [0.2, 0.25) is 0 Å². The highest BCUT2D eigenvalue weighted by Gasteiger charge is 2.40.